The molecule has 0 aliphatic carbocycles. The minimum atomic E-state index is -4.00. The molecular weight excluding hydrogens is 324 g/mol. The molecule has 2 atom stereocenters. The lowest BCUT2D eigenvalue weighted by atomic mass is 10.0. The molecule has 0 aromatic rings. The van der Waals surface area contributed by atoms with Crippen LogP contribution in [0.4, 0.5) is 0 Å². The molecule has 5 heteroatoms. The number of rotatable bonds is 17. The Morgan fingerprint density at radius 2 is 1.17 bits per heavy atom. The Morgan fingerprint density at radius 3 is 1.67 bits per heavy atom. The van der Waals surface area contributed by atoms with E-state index in [4.69, 9.17) is 0 Å². The molecule has 146 valence electrons. The van der Waals surface area contributed by atoms with Crippen LogP contribution in [0.5, 0.6) is 0 Å². The first-order valence-electron chi connectivity index (χ1n) is 10.1. The van der Waals surface area contributed by atoms with E-state index in [2.05, 4.69) is 13.8 Å². The topological polar surface area (TPSA) is 74.6 Å². The maximum absolute atomic E-state index is 11.5. The van der Waals surface area contributed by atoms with E-state index in [1.54, 1.807) is 0 Å². The van der Waals surface area contributed by atoms with Crippen LogP contribution in [0.3, 0.4) is 0 Å². The highest BCUT2D eigenvalue weighted by Crippen LogP contribution is 2.19. The molecule has 0 fully saturated rings. The van der Waals surface area contributed by atoms with Crippen LogP contribution >= 0.6 is 0 Å². The second kappa shape index (κ2) is 15.2. The molecule has 0 bridgehead atoms. The fourth-order valence-electron chi connectivity index (χ4n) is 3.09. The van der Waals surface area contributed by atoms with E-state index in [0.29, 0.717) is 25.7 Å². The molecule has 0 spiro atoms. The van der Waals surface area contributed by atoms with E-state index >= 15 is 0 Å². The average molecular weight is 365 g/mol. The van der Waals surface area contributed by atoms with Gasteiger partial charge in [0.1, 0.15) is 0 Å². The second-order valence-electron chi connectivity index (χ2n) is 7.13. The summed E-state index contributed by atoms with van der Waals surface area (Å²) in [5.41, 5.74) is 0. The van der Waals surface area contributed by atoms with Crippen LogP contribution in [0.1, 0.15) is 110 Å². The molecule has 0 aromatic heterocycles. The van der Waals surface area contributed by atoms with E-state index in [1.807, 2.05) is 0 Å². The summed E-state index contributed by atoms with van der Waals surface area (Å²) in [6.07, 6.45) is 14.3. The fraction of sp³-hybridized carbons (Fsp3) is 1.00. The Balaban J connectivity index is 3.85. The van der Waals surface area contributed by atoms with Crippen molar-refractivity contribution in [1.82, 2.24) is 0 Å². The number of hydrogen-bond acceptors (Lipinski definition) is 3. The van der Waals surface area contributed by atoms with Gasteiger partial charge in [-0.15, -0.1) is 0 Å². The maximum atomic E-state index is 11.5. The van der Waals surface area contributed by atoms with Crippen molar-refractivity contribution in [1.29, 1.82) is 0 Å². The van der Waals surface area contributed by atoms with E-state index in [1.165, 1.54) is 38.5 Å². The molecule has 0 aliphatic heterocycles. The summed E-state index contributed by atoms with van der Waals surface area (Å²) < 4.78 is 32.4. The lowest BCUT2D eigenvalue weighted by Crippen LogP contribution is -2.22. The zero-order valence-corrected chi connectivity index (χ0v) is 16.7. The summed E-state index contributed by atoms with van der Waals surface area (Å²) >= 11 is 0. The Bertz CT molecular complexity index is 368. The third-order valence-corrected chi connectivity index (χ3v) is 6.08. The molecule has 0 saturated heterocycles. The molecular formula is C19H40O4S. The minimum absolute atomic E-state index is 0.362. The van der Waals surface area contributed by atoms with Gasteiger partial charge in [-0.05, 0) is 25.7 Å². The maximum Gasteiger partial charge on any atom is 0.267 e. The molecule has 2 N–H and O–H groups in total. The summed E-state index contributed by atoms with van der Waals surface area (Å²) in [6, 6.07) is 0. The molecule has 0 aromatic carbocycles. The van der Waals surface area contributed by atoms with Gasteiger partial charge in [-0.1, -0.05) is 84.5 Å². The molecule has 0 rings (SSSR count). The average Bonchev–Trinajstić information content (AvgIpc) is 2.52. The summed E-state index contributed by atoms with van der Waals surface area (Å²) in [5.74, 6) is 0. The van der Waals surface area contributed by atoms with Crippen molar-refractivity contribution in [3.8, 4) is 0 Å². The van der Waals surface area contributed by atoms with Crippen molar-refractivity contribution >= 4 is 10.1 Å². The van der Waals surface area contributed by atoms with Gasteiger partial charge in [0.15, 0.2) is 0 Å². The van der Waals surface area contributed by atoms with Crippen LogP contribution in [0.25, 0.3) is 0 Å². The zero-order chi connectivity index (χ0) is 18.3. The first-order chi connectivity index (χ1) is 11.4. The Kier molecular flexibility index (Phi) is 15.1. The zero-order valence-electron chi connectivity index (χ0n) is 15.9. The number of aliphatic hydroxyl groups excluding tert-OH is 1. The predicted molar refractivity (Wildman–Crippen MR) is 102 cm³/mol. The van der Waals surface area contributed by atoms with Gasteiger partial charge in [0.05, 0.1) is 11.4 Å². The molecule has 0 radical (unpaired) electrons. The summed E-state index contributed by atoms with van der Waals surface area (Å²) in [4.78, 5) is 0. The van der Waals surface area contributed by atoms with Crippen molar-refractivity contribution in [2.75, 3.05) is 0 Å². The number of hydrogen-bond donors (Lipinski definition) is 2. The van der Waals surface area contributed by atoms with Gasteiger partial charge in [-0.2, -0.15) is 8.42 Å². The van der Waals surface area contributed by atoms with Gasteiger partial charge in [-0.3, -0.25) is 4.55 Å². The molecule has 0 amide bonds. The van der Waals surface area contributed by atoms with E-state index in [0.717, 1.165) is 32.1 Å². The van der Waals surface area contributed by atoms with Gasteiger partial charge in [-0.25, -0.2) is 0 Å². The van der Waals surface area contributed by atoms with Gasteiger partial charge >= 0.3 is 0 Å². The fourth-order valence-corrected chi connectivity index (χ4v) is 3.99. The van der Waals surface area contributed by atoms with Crippen molar-refractivity contribution < 1.29 is 18.1 Å². The second-order valence-corrected chi connectivity index (χ2v) is 8.82. The molecule has 0 aliphatic rings. The van der Waals surface area contributed by atoms with E-state index in [-0.39, 0.29) is 0 Å². The molecule has 0 saturated carbocycles. The third kappa shape index (κ3) is 14.2. The standard InChI is InChI=1S/C19H40O4S/c1-3-5-7-8-9-10-11-12-13-15-19(24(21,22)23)17-16-18(20)14-6-4-2/h18-20H,3-17H2,1-2H3,(H,21,22,23). The number of unbranched alkanes of at least 4 members (excludes halogenated alkanes) is 9. The third-order valence-electron chi connectivity index (χ3n) is 4.76. The van der Waals surface area contributed by atoms with Crippen LogP contribution < -0.4 is 0 Å². The molecule has 4 nitrogen and oxygen atoms in total. The molecule has 2 unspecified atom stereocenters. The quantitative estimate of drug-likeness (QED) is 0.264. The van der Waals surface area contributed by atoms with E-state index < -0.39 is 21.5 Å². The van der Waals surface area contributed by atoms with Crippen LogP contribution in [0, 0.1) is 0 Å². The Morgan fingerprint density at radius 1 is 0.667 bits per heavy atom. The summed E-state index contributed by atoms with van der Waals surface area (Å²) in [6.45, 7) is 4.28. The Labute approximate surface area is 150 Å². The lowest BCUT2D eigenvalue weighted by molar-refractivity contribution is 0.148. The molecule has 24 heavy (non-hydrogen) atoms. The Hall–Kier alpha value is -0.130. The SMILES string of the molecule is CCCCCCCCCCCC(CCC(O)CCCC)S(=O)(=O)O. The van der Waals surface area contributed by atoms with E-state index in [9.17, 15) is 18.1 Å². The normalized spacial score (nSPS) is 14.7. The first kappa shape index (κ1) is 23.9. The van der Waals surface area contributed by atoms with Crippen molar-refractivity contribution in [2.45, 2.75) is 122 Å². The largest absolute Gasteiger partial charge is 0.393 e. The first-order valence-corrected chi connectivity index (χ1v) is 11.6. The highest BCUT2D eigenvalue weighted by Gasteiger charge is 2.23. The number of aliphatic hydroxyl groups is 1. The smallest absolute Gasteiger partial charge is 0.267 e. The highest BCUT2D eigenvalue weighted by atomic mass is 32.2. The van der Waals surface area contributed by atoms with Crippen molar-refractivity contribution in [3.05, 3.63) is 0 Å². The van der Waals surface area contributed by atoms with Crippen LogP contribution in [0.2, 0.25) is 0 Å². The van der Waals surface area contributed by atoms with Gasteiger partial charge < -0.3 is 5.11 Å². The predicted octanol–water partition coefficient (Wildman–Crippen LogP) is 5.50. The van der Waals surface area contributed by atoms with Gasteiger partial charge in [0.25, 0.3) is 10.1 Å². The van der Waals surface area contributed by atoms with Crippen LogP contribution in [-0.2, 0) is 10.1 Å². The summed E-state index contributed by atoms with van der Waals surface area (Å²) in [5, 5.41) is 9.14. The van der Waals surface area contributed by atoms with Crippen LogP contribution in [0.15, 0.2) is 0 Å². The molecule has 0 heterocycles. The van der Waals surface area contributed by atoms with Crippen molar-refractivity contribution in [2.24, 2.45) is 0 Å². The monoisotopic (exact) mass is 364 g/mol. The van der Waals surface area contributed by atoms with Crippen LogP contribution in [-0.4, -0.2) is 29.4 Å². The summed E-state index contributed by atoms with van der Waals surface area (Å²) in [7, 11) is -4.00. The lowest BCUT2D eigenvalue weighted by Gasteiger charge is -2.16. The van der Waals surface area contributed by atoms with Gasteiger partial charge in [0.2, 0.25) is 0 Å². The van der Waals surface area contributed by atoms with Gasteiger partial charge in [0, 0.05) is 0 Å². The highest BCUT2D eigenvalue weighted by molar-refractivity contribution is 7.86. The minimum Gasteiger partial charge on any atom is -0.393 e. The van der Waals surface area contributed by atoms with Crippen molar-refractivity contribution in [3.63, 3.8) is 0 Å².